The highest BCUT2D eigenvalue weighted by Crippen LogP contribution is 2.20. The molecule has 1 fully saturated rings. The number of amides is 3. The average Bonchev–Trinajstić information content (AvgIpc) is 2.79. The van der Waals surface area contributed by atoms with Gasteiger partial charge >= 0.3 is 0 Å². The summed E-state index contributed by atoms with van der Waals surface area (Å²) in [5, 5.41) is 5.79. The predicted molar refractivity (Wildman–Crippen MR) is 117 cm³/mol. The van der Waals surface area contributed by atoms with E-state index in [1.165, 1.54) is 5.56 Å². The minimum absolute atomic E-state index is 0.0149. The molecule has 0 bridgehead atoms. The Morgan fingerprint density at radius 3 is 2.47 bits per heavy atom. The van der Waals surface area contributed by atoms with Crippen LogP contribution in [-0.2, 0) is 16.0 Å². The molecule has 1 aliphatic heterocycles. The first-order valence-electron chi connectivity index (χ1n) is 10.6. The molecule has 6 nitrogen and oxygen atoms in total. The number of nitrogens with zero attached hydrogens (tertiary/aromatic N) is 1. The molecule has 0 spiro atoms. The lowest BCUT2D eigenvalue weighted by molar-refractivity contribution is -0.126. The standard InChI is InChI=1S/C24H29N3O3/c1-2-22(28)26-21-12-10-19(11-13-21)24(30)27-16-6-9-20(17-27)23(29)25-15-14-18-7-4-3-5-8-18/h3-5,7-8,10-13,20H,2,6,9,14-17H2,1H3,(H,25,29)(H,26,28). The molecule has 30 heavy (non-hydrogen) atoms. The van der Waals surface area contributed by atoms with Gasteiger partial charge in [-0.25, -0.2) is 0 Å². The summed E-state index contributed by atoms with van der Waals surface area (Å²) in [6.45, 7) is 3.47. The van der Waals surface area contributed by atoms with Crippen LogP contribution in [0.5, 0.6) is 0 Å². The number of carbonyl (C=O) groups excluding carboxylic acids is 3. The molecule has 2 aromatic carbocycles. The molecule has 1 aliphatic rings. The van der Waals surface area contributed by atoms with Gasteiger partial charge in [0.1, 0.15) is 0 Å². The quantitative estimate of drug-likeness (QED) is 0.740. The first kappa shape index (κ1) is 21.6. The Morgan fingerprint density at radius 1 is 1.03 bits per heavy atom. The molecule has 1 atom stereocenters. The number of rotatable bonds is 7. The fourth-order valence-corrected chi connectivity index (χ4v) is 3.62. The van der Waals surface area contributed by atoms with E-state index in [9.17, 15) is 14.4 Å². The molecule has 3 rings (SSSR count). The highest BCUT2D eigenvalue weighted by atomic mass is 16.2. The lowest BCUT2D eigenvalue weighted by Gasteiger charge is -2.32. The van der Waals surface area contributed by atoms with Crippen LogP contribution in [0.3, 0.4) is 0 Å². The summed E-state index contributed by atoms with van der Waals surface area (Å²) >= 11 is 0. The Labute approximate surface area is 177 Å². The van der Waals surface area contributed by atoms with Crippen molar-refractivity contribution in [3.63, 3.8) is 0 Å². The molecule has 2 aromatic rings. The zero-order chi connectivity index (χ0) is 21.3. The van der Waals surface area contributed by atoms with Gasteiger partial charge in [0.2, 0.25) is 11.8 Å². The lowest BCUT2D eigenvalue weighted by atomic mass is 9.96. The van der Waals surface area contributed by atoms with E-state index in [1.54, 1.807) is 36.1 Å². The molecule has 0 radical (unpaired) electrons. The number of nitrogens with one attached hydrogen (secondary N) is 2. The molecule has 0 saturated carbocycles. The maximum Gasteiger partial charge on any atom is 0.253 e. The zero-order valence-corrected chi connectivity index (χ0v) is 17.4. The summed E-state index contributed by atoms with van der Waals surface area (Å²) in [5.41, 5.74) is 2.43. The fraction of sp³-hybridized carbons (Fsp3) is 0.375. The first-order chi connectivity index (χ1) is 14.6. The van der Waals surface area contributed by atoms with Gasteiger partial charge in [0.25, 0.3) is 5.91 Å². The van der Waals surface area contributed by atoms with E-state index in [-0.39, 0.29) is 23.6 Å². The maximum atomic E-state index is 12.9. The number of benzene rings is 2. The molecule has 1 heterocycles. The van der Waals surface area contributed by atoms with E-state index < -0.39 is 0 Å². The number of piperidine rings is 1. The summed E-state index contributed by atoms with van der Waals surface area (Å²) in [6.07, 6.45) is 2.81. The van der Waals surface area contributed by atoms with Crippen LogP contribution in [0.25, 0.3) is 0 Å². The molecule has 1 saturated heterocycles. The van der Waals surface area contributed by atoms with E-state index in [2.05, 4.69) is 10.6 Å². The third-order valence-electron chi connectivity index (χ3n) is 5.37. The van der Waals surface area contributed by atoms with Crippen molar-refractivity contribution in [2.45, 2.75) is 32.6 Å². The Kier molecular flexibility index (Phi) is 7.60. The lowest BCUT2D eigenvalue weighted by Crippen LogP contribution is -2.45. The van der Waals surface area contributed by atoms with E-state index >= 15 is 0 Å². The van der Waals surface area contributed by atoms with Crippen molar-refractivity contribution in [3.8, 4) is 0 Å². The van der Waals surface area contributed by atoms with Crippen molar-refractivity contribution in [1.29, 1.82) is 0 Å². The highest BCUT2D eigenvalue weighted by Gasteiger charge is 2.28. The summed E-state index contributed by atoms with van der Waals surface area (Å²) in [6, 6.07) is 17.0. The Bertz CT molecular complexity index is 865. The van der Waals surface area contributed by atoms with Crippen molar-refractivity contribution in [2.75, 3.05) is 25.0 Å². The molecule has 158 valence electrons. The van der Waals surface area contributed by atoms with Gasteiger partial charge in [-0.1, -0.05) is 37.3 Å². The van der Waals surface area contributed by atoms with Crippen molar-refractivity contribution in [1.82, 2.24) is 10.2 Å². The molecule has 0 aliphatic carbocycles. The van der Waals surface area contributed by atoms with Gasteiger partial charge in [-0.15, -0.1) is 0 Å². The SMILES string of the molecule is CCC(=O)Nc1ccc(C(=O)N2CCCC(C(=O)NCCc3ccccc3)C2)cc1. The van der Waals surface area contributed by atoms with Crippen LogP contribution in [0, 0.1) is 5.92 Å². The number of anilines is 1. The molecular formula is C24H29N3O3. The van der Waals surface area contributed by atoms with E-state index in [1.807, 2.05) is 30.3 Å². The summed E-state index contributed by atoms with van der Waals surface area (Å²) in [4.78, 5) is 38.7. The van der Waals surface area contributed by atoms with Gasteiger partial charge in [0.15, 0.2) is 0 Å². The third-order valence-corrected chi connectivity index (χ3v) is 5.37. The van der Waals surface area contributed by atoms with Crippen molar-refractivity contribution < 1.29 is 14.4 Å². The van der Waals surface area contributed by atoms with Crippen LogP contribution in [-0.4, -0.2) is 42.3 Å². The van der Waals surface area contributed by atoms with Crippen LogP contribution in [0.4, 0.5) is 5.69 Å². The summed E-state index contributed by atoms with van der Waals surface area (Å²) < 4.78 is 0. The van der Waals surface area contributed by atoms with Crippen LogP contribution >= 0.6 is 0 Å². The monoisotopic (exact) mass is 407 g/mol. The smallest absolute Gasteiger partial charge is 0.253 e. The van der Waals surface area contributed by atoms with Crippen LogP contribution in [0.1, 0.15) is 42.1 Å². The molecule has 6 heteroatoms. The summed E-state index contributed by atoms with van der Waals surface area (Å²) in [5.74, 6) is -0.306. The van der Waals surface area contributed by atoms with Crippen LogP contribution in [0.2, 0.25) is 0 Å². The number of carbonyl (C=O) groups is 3. The highest BCUT2D eigenvalue weighted by molar-refractivity contribution is 5.96. The Hall–Kier alpha value is -3.15. The number of hydrogen-bond donors (Lipinski definition) is 2. The van der Waals surface area contributed by atoms with E-state index in [0.29, 0.717) is 37.3 Å². The topological polar surface area (TPSA) is 78.5 Å². The molecule has 1 unspecified atom stereocenters. The Balaban J connectivity index is 1.51. The zero-order valence-electron chi connectivity index (χ0n) is 17.4. The minimum Gasteiger partial charge on any atom is -0.355 e. The summed E-state index contributed by atoms with van der Waals surface area (Å²) in [7, 11) is 0. The molecular weight excluding hydrogens is 378 g/mol. The van der Waals surface area contributed by atoms with Crippen LogP contribution in [0.15, 0.2) is 54.6 Å². The predicted octanol–water partition coefficient (Wildman–Crippen LogP) is 3.25. The third kappa shape index (κ3) is 5.92. The maximum absolute atomic E-state index is 12.9. The largest absolute Gasteiger partial charge is 0.355 e. The second kappa shape index (κ2) is 10.6. The number of hydrogen-bond acceptors (Lipinski definition) is 3. The molecule has 2 N–H and O–H groups in total. The van der Waals surface area contributed by atoms with Crippen molar-refractivity contribution in [2.24, 2.45) is 5.92 Å². The second-order valence-corrected chi connectivity index (χ2v) is 7.60. The fourth-order valence-electron chi connectivity index (χ4n) is 3.62. The normalized spacial score (nSPS) is 16.0. The van der Waals surface area contributed by atoms with E-state index in [0.717, 1.165) is 19.3 Å². The van der Waals surface area contributed by atoms with Gasteiger partial charge in [-0.05, 0) is 49.1 Å². The van der Waals surface area contributed by atoms with Gasteiger partial charge < -0.3 is 15.5 Å². The van der Waals surface area contributed by atoms with Gasteiger partial charge in [0.05, 0.1) is 5.92 Å². The first-order valence-corrected chi connectivity index (χ1v) is 10.6. The van der Waals surface area contributed by atoms with Crippen LogP contribution < -0.4 is 10.6 Å². The van der Waals surface area contributed by atoms with Gasteiger partial charge in [-0.3, -0.25) is 14.4 Å². The van der Waals surface area contributed by atoms with Crippen molar-refractivity contribution >= 4 is 23.4 Å². The molecule has 3 amide bonds. The minimum atomic E-state index is -0.179. The number of likely N-dealkylation sites (tertiary alicyclic amines) is 1. The average molecular weight is 408 g/mol. The second-order valence-electron chi connectivity index (χ2n) is 7.60. The van der Waals surface area contributed by atoms with E-state index in [4.69, 9.17) is 0 Å². The van der Waals surface area contributed by atoms with Crippen molar-refractivity contribution in [3.05, 3.63) is 65.7 Å². The van der Waals surface area contributed by atoms with Gasteiger partial charge in [0, 0.05) is 37.3 Å². The molecule has 0 aromatic heterocycles. The van der Waals surface area contributed by atoms with Gasteiger partial charge in [-0.2, -0.15) is 0 Å². The Morgan fingerprint density at radius 2 is 1.77 bits per heavy atom.